The lowest BCUT2D eigenvalue weighted by molar-refractivity contribution is 0.158. The molecule has 0 aromatic heterocycles. The van der Waals surface area contributed by atoms with Gasteiger partial charge < -0.3 is 15.5 Å². The predicted molar refractivity (Wildman–Crippen MR) is 77.2 cm³/mol. The van der Waals surface area contributed by atoms with E-state index in [-0.39, 0.29) is 17.6 Å². The van der Waals surface area contributed by atoms with E-state index in [9.17, 15) is 4.79 Å². The van der Waals surface area contributed by atoms with Crippen molar-refractivity contribution in [2.75, 3.05) is 20.1 Å². The zero-order valence-electron chi connectivity index (χ0n) is 12.2. The number of urea groups is 1. The maximum atomic E-state index is 12.2. The molecule has 1 heterocycles. The fourth-order valence-electron chi connectivity index (χ4n) is 2.66. The molecule has 0 bridgehead atoms. The molecule has 2 N–H and O–H groups in total. The van der Waals surface area contributed by atoms with Crippen LogP contribution >= 0.6 is 0 Å². The Morgan fingerprint density at radius 3 is 2.84 bits per heavy atom. The van der Waals surface area contributed by atoms with Crippen molar-refractivity contribution in [3.8, 4) is 0 Å². The lowest BCUT2D eigenvalue weighted by Crippen LogP contribution is -2.51. The highest BCUT2D eigenvalue weighted by molar-refractivity contribution is 5.78. The Morgan fingerprint density at radius 2 is 2.21 bits per heavy atom. The van der Waals surface area contributed by atoms with Crippen LogP contribution in [0.25, 0.3) is 0 Å². The number of amides is 2. The number of nitrogens with zero attached hydrogens (tertiary/aromatic N) is 1. The molecule has 2 rings (SSSR count). The number of hydrogen-bond donors (Lipinski definition) is 2. The highest BCUT2D eigenvalue weighted by Crippen LogP contribution is 2.26. The van der Waals surface area contributed by atoms with Crippen molar-refractivity contribution in [3.05, 3.63) is 35.4 Å². The van der Waals surface area contributed by atoms with Gasteiger partial charge in [0.05, 0.1) is 11.6 Å². The average Bonchev–Trinajstić information content (AvgIpc) is 2.72. The summed E-state index contributed by atoms with van der Waals surface area (Å²) in [5, 5.41) is 6.22. The van der Waals surface area contributed by atoms with Crippen LogP contribution in [-0.2, 0) is 0 Å². The second-order valence-electron chi connectivity index (χ2n) is 5.87. The van der Waals surface area contributed by atoms with Gasteiger partial charge in [0.2, 0.25) is 0 Å². The van der Waals surface area contributed by atoms with Crippen molar-refractivity contribution in [1.29, 1.82) is 0 Å². The van der Waals surface area contributed by atoms with E-state index in [1.54, 1.807) is 0 Å². The molecule has 0 saturated carbocycles. The van der Waals surface area contributed by atoms with Crippen molar-refractivity contribution in [3.63, 3.8) is 0 Å². The number of hydrogen-bond acceptors (Lipinski definition) is 2. The lowest BCUT2D eigenvalue weighted by Gasteiger charge is -2.34. The van der Waals surface area contributed by atoms with E-state index in [0.29, 0.717) is 0 Å². The molecule has 1 aliphatic rings. The Balaban J connectivity index is 2.15. The standard InChI is InChI=1S/C15H23N3O/c1-11-6-5-7-12(8-11)13-9-18(14(19)17-13)15(2,3)10-16-4/h5-8,13,16H,9-10H2,1-4H3,(H,17,19). The number of carbonyl (C=O) groups excluding carboxylic acids is 1. The summed E-state index contributed by atoms with van der Waals surface area (Å²) in [7, 11) is 1.91. The van der Waals surface area contributed by atoms with Crippen molar-refractivity contribution in [1.82, 2.24) is 15.5 Å². The molecule has 0 radical (unpaired) electrons. The number of benzene rings is 1. The molecule has 1 aromatic rings. The summed E-state index contributed by atoms with van der Waals surface area (Å²) in [6.07, 6.45) is 0. The van der Waals surface area contributed by atoms with Crippen molar-refractivity contribution in [2.45, 2.75) is 32.4 Å². The molecular formula is C15H23N3O. The Hall–Kier alpha value is -1.55. The minimum atomic E-state index is -0.183. The van der Waals surface area contributed by atoms with Crippen molar-refractivity contribution in [2.24, 2.45) is 0 Å². The van der Waals surface area contributed by atoms with Crippen LogP contribution in [0.15, 0.2) is 24.3 Å². The number of likely N-dealkylation sites (N-methyl/N-ethyl adjacent to an activating group) is 1. The van der Waals surface area contributed by atoms with Crippen molar-refractivity contribution >= 4 is 6.03 Å². The molecule has 4 nitrogen and oxygen atoms in total. The van der Waals surface area contributed by atoms with Crippen LogP contribution < -0.4 is 10.6 Å². The summed E-state index contributed by atoms with van der Waals surface area (Å²) in [4.78, 5) is 14.1. The lowest BCUT2D eigenvalue weighted by atomic mass is 10.0. The van der Waals surface area contributed by atoms with Gasteiger partial charge in [0.15, 0.2) is 0 Å². The molecule has 104 valence electrons. The van der Waals surface area contributed by atoms with E-state index in [2.05, 4.69) is 49.6 Å². The average molecular weight is 261 g/mol. The first-order valence-electron chi connectivity index (χ1n) is 6.73. The first-order valence-corrected chi connectivity index (χ1v) is 6.73. The van der Waals surface area contributed by atoms with Crippen LogP contribution in [0.2, 0.25) is 0 Å². The van der Waals surface area contributed by atoms with Crippen LogP contribution in [0.5, 0.6) is 0 Å². The monoisotopic (exact) mass is 261 g/mol. The minimum absolute atomic E-state index is 0.0201. The van der Waals surface area contributed by atoms with Crippen LogP contribution in [-0.4, -0.2) is 36.6 Å². The third-order valence-electron chi connectivity index (χ3n) is 3.69. The van der Waals surface area contributed by atoms with E-state index in [1.165, 1.54) is 11.1 Å². The molecule has 4 heteroatoms. The Labute approximate surface area is 115 Å². The minimum Gasteiger partial charge on any atom is -0.329 e. The van der Waals surface area contributed by atoms with Crippen LogP contribution in [0, 0.1) is 6.92 Å². The van der Waals surface area contributed by atoms with E-state index < -0.39 is 0 Å². The summed E-state index contributed by atoms with van der Waals surface area (Å²) < 4.78 is 0. The topological polar surface area (TPSA) is 44.4 Å². The third-order valence-corrected chi connectivity index (χ3v) is 3.69. The fourth-order valence-corrected chi connectivity index (χ4v) is 2.66. The van der Waals surface area contributed by atoms with E-state index in [0.717, 1.165) is 13.1 Å². The van der Waals surface area contributed by atoms with Gasteiger partial charge in [-0.05, 0) is 33.4 Å². The van der Waals surface area contributed by atoms with Gasteiger partial charge in [0.1, 0.15) is 0 Å². The fraction of sp³-hybridized carbons (Fsp3) is 0.533. The predicted octanol–water partition coefficient (Wildman–Crippen LogP) is 2.06. The number of rotatable bonds is 4. The molecular weight excluding hydrogens is 238 g/mol. The molecule has 0 aliphatic carbocycles. The molecule has 0 spiro atoms. The van der Waals surface area contributed by atoms with Gasteiger partial charge in [-0.2, -0.15) is 0 Å². The van der Waals surface area contributed by atoms with Gasteiger partial charge in [-0.25, -0.2) is 4.79 Å². The van der Waals surface area contributed by atoms with Gasteiger partial charge in [0.25, 0.3) is 0 Å². The first kappa shape index (κ1) is 13.9. The van der Waals surface area contributed by atoms with Gasteiger partial charge in [-0.1, -0.05) is 29.8 Å². The van der Waals surface area contributed by atoms with Gasteiger partial charge >= 0.3 is 6.03 Å². The number of nitrogens with one attached hydrogen (secondary N) is 2. The smallest absolute Gasteiger partial charge is 0.318 e. The highest BCUT2D eigenvalue weighted by atomic mass is 16.2. The normalized spacial score (nSPS) is 19.7. The summed E-state index contributed by atoms with van der Waals surface area (Å²) >= 11 is 0. The zero-order chi connectivity index (χ0) is 14.0. The number of aryl methyl sites for hydroxylation is 1. The zero-order valence-corrected chi connectivity index (χ0v) is 12.2. The maximum absolute atomic E-state index is 12.2. The van der Waals surface area contributed by atoms with Crippen LogP contribution in [0.3, 0.4) is 0 Å². The van der Waals surface area contributed by atoms with E-state index in [1.807, 2.05) is 18.0 Å². The summed E-state index contributed by atoms with van der Waals surface area (Å²) in [6.45, 7) is 7.74. The Kier molecular flexibility index (Phi) is 3.80. The van der Waals surface area contributed by atoms with E-state index in [4.69, 9.17) is 0 Å². The van der Waals surface area contributed by atoms with Crippen LogP contribution in [0.1, 0.15) is 31.0 Å². The quantitative estimate of drug-likeness (QED) is 0.871. The van der Waals surface area contributed by atoms with Gasteiger partial charge in [-0.15, -0.1) is 0 Å². The second-order valence-corrected chi connectivity index (χ2v) is 5.87. The Morgan fingerprint density at radius 1 is 1.47 bits per heavy atom. The van der Waals surface area contributed by atoms with Crippen molar-refractivity contribution < 1.29 is 4.79 Å². The SMILES string of the molecule is CNCC(C)(C)N1CC(c2cccc(C)c2)NC1=O. The van der Waals surface area contributed by atoms with E-state index >= 15 is 0 Å². The molecule has 19 heavy (non-hydrogen) atoms. The molecule has 2 amide bonds. The highest BCUT2D eigenvalue weighted by Gasteiger charge is 2.38. The first-order chi connectivity index (χ1) is 8.94. The third kappa shape index (κ3) is 2.89. The van der Waals surface area contributed by atoms with Crippen LogP contribution in [0.4, 0.5) is 4.79 Å². The van der Waals surface area contributed by atoms with Gasteiger partial charge in [0, 0.05) is 13.1 Å². The second kappa shape index (κ2) is 5.21. The maximum Gasteiger partial charge on any atom is 0.318 e. The number of carbonyl (C=O) groups is 1. The molecule has 1 aliphatic heterocycles. The molecule has 1 unspecified atom stereocenters. The summed E-state index contributed by atoms with van der Waals surface area (Å²) in [5.74, 6) is 0. The molecule has 1 atom stereocenters. The molecule has 1 aromatic carbocycles. The molecule has 1 fully saturated rings. The van der Waals surface area contributed by atoms with Gasteiger partial charge in [-0.3, -0.25) is 0 Å². The largest absolute Gasteiger partial charge is 0.329 e. The summed E-state index contributed by atoms with van der Waals surface area (Å²) in [6, 6.07) is 8.43. The molecule has 1 saturated heterocycles. The Bertz CT molecular complexity index is 470. The summed E-state index contributed by atoms with van der Waals surface area (Å²) in [5.41, 5.74) is 2.22.